The molecule has 1 saturated heterocycles. The molecule has 1 N–H and O–H groups in total. The molecule has 0 bridgehead atoms. The van der Waals surface area contributed by atoms with Crippen molar-refractivity contribution in [3.05, 3.63) is 39.9 Å². The highest BCUT2D eigenvalue weighted by atomic mass is 35.5. The van der Waals surface area contributed by atoms with E-state index in [4.69, 9.17) is 16.3 Å². The molecule has 1 aliphatic rings. The third-order valence-corrected chi connectivity index (χ3v) is 6.04. The maximum absolute atomic E-state index is 12.1. The number of piperidine rings is 1. The molecule has 1 aromatic heterocycles. The summed E-state index contributed by atoms with van der Waals surface area (Å²) in [7, 11) is 0. The van der Waals surface area contributed by atoms with Crippen LogP contribution >= 0.6 is 22.9 Å². The van der Waals surface area contributed by atoms with Crippen molar-refractivity contribution in [3.63, 3.8) is 0 Å². The van der Waals surface area contributed by atoms with Gasteiger partial charge >= 0.3 is 0 Å². The van der Waals surface area contributed by atoms with Gasteiger partial charge in [0.25, 0.3) is 0 Å². The number of hydrogen-bond donors (Lipinski definition) is 1. The van der Waals surface area contributed by atoms with E-state index < -0.39 is 0 Å². The zero-order chi connectivity index (χ0) is 19.9. The first-order chi connectivity index (χ1) is 13.5. The maximum atomic E-state index is 12.1. The largest absolute Gasteiger partial charge is 0.493 e. The van der Waals surface area contributed by atoms with E-state index in [9.17, 15) is 4.79 Å². The summed E-state index contributed by atoms with van der Waals surface area (Å²) in [5.74, 6) is 1.61. The molecule has 0 spiro atoms. The van der Waals surface area contributed by atoms with Gasteiger partial charge in [0.1, 0.15) is 5.75 Å². The van der Waals surface area contributed by atoms with Crippen LogP contribution in [0.2, 0.25) is 5.02 Å². The molecule has 152 valence electrons. The molecule has 7 heteroatoms. The average molecular weight is 422 g/mol. The Kier molecular flexibility index (Phi) is 7.71. The lowest BCUT2D eigenvalue weighted by molar-refractivity contribution is -0.116. The van der Waals surface area contributed by atoms with Gasteiger partial charge in [-0.2, -0.15) is 0 Å². The number of anilines is 1. The van der Waals surface area contributed by atoms with Crippen LogP contribution in [0.15, 0.2) is 23.6 Å². The zero-order valence-electron chi connectivity index (χ0n) is 16.5. The van der Waals surface area contributed by atoms with Gasteiger partial charge in [0.2, 0.25) is 5.91 Å². The third kappa shape index (κ3) is 6.47. The lowest BCUT2D eigenvalue weighted by Crippen LogP contribution is -2.32. The number of benzene rings is 1. The molecule has 5 nitrogen and oxygen atoms in total. The second-order valence-electron chi connectivity index (χ2n) is 7.51. The molecule has 2 aromatic rings. The maximum Gasteiger partial charge on any atom is 0.226 e. The standard InChI is InChI=1S/C21H28ClN3O2S/c1-15-7-9-25(10-8-15)13-18-14-28-21(23-18)24-20(26)4-3-11-27-19-6-5-17(22)12-16(19)2/h5-6,12,14-15H,3-4,7-11,13H2,1-2H3,(H,23,24,26). The fraction of sp³-hybridized carbons (Fsp3) is 0.524. The average Bonchev–Trinajstić information content (AvgIpc) is 3.09. The monoisotopic (exact) mass is 421 g/mol. The van der Waals surface area contributed by atoms with E-state index in [1.54, 1.807) is 6.07 Å². The number of carbonyl (C=O) groups is 1. The van der Waals surface area contributed by atoms with E-state index in [0.717, 1.165) is 42.6 Å². The summed E-state index contributed by atoms with van der Waals surface area (Å²) in [6.45, 7) is 7.90. The SMILES string of the molecule is Cc1cc(Cl)ccc1OCCCC(=O)Nc1nc(CN2CCC(C)CC2)cs1. The minimum atomic E-state index is -0.0240. The fourth-order valence-electron chi connectivity index (χ4n) is 3.26. The number of thiazole rings is 1. The molecule has 1 amide bonds. The summed E-state index contributed by atoms with van der Waals surface area (Å²) in [4.78, 5) is 19.1. The van der Waals surface area contributed by atoms with Gasteiger partial charge in [-0.15, -0.1) is 11.3 Å². The summed E-state index contributed by atoms with van der Waals surface area (Å²) in [5, 5.41) is 6.32. The van der Waals surface area contributed by atoms with Crippen molar-refractivity contribution in [1.29, 1.82) is 0 Å². The van der Waals surface area contributed by atoms with E-state index in [-0.39, 0.29) is 5.91 Å². The number of amides is 1. The van der Waals surface area contributed by atoms with Crippen LogP contribution in [-0.4, -0.2) is 35.5 Å². The van der Waals surface area contributed by atoms with Gasteiger partial charge in [0.05, 0.1) is 12.3 Å². The van der Waals surface area contributed by atoms with Crippen LogP contribution in [-0.2, 0) is 11.3 Å². The topological polar surface area (TPSA) is 54.5 Å². The molecule has 1 aromatic carbocycles. The molecule has 0 atom stereocenters. The second kappa shape index (κ2) is 10.2. The molecule has 0 unspecified atom stereocenters. The summed E-state index contributed by atoms with van der Waals surface area (Å²) in [6.07, 6.45) is 3.57. The molecule has 0 aliphatic carbocycles. The number of hydrogen-bond acceptors (Lipinski definition) is 5. The van der Waals surface area contributed by atoms with E-state index in [1.165, 1.54) is 24.2 Å². The lowest BCUT2D eigenvalue weighted by atomic mass is 9.99. The van der Waals surface area contributed by atoms with Crippen molar-refractivity contribution < 1.29 is 9.53 Å². The van der Waals surface area contributed by atoms with Crippen LogP contribution in [0.4, 0.5) is 5.13 Å². The number of rotatable bonds is 8. The van der Waals surface area contributed by atoms with Crippen molar-refractivity contribution in [3.8, 4) is 5.75 Å². The van der Waals surface area contributed by atoms with Crippen LogP contribution in [0.1, 0.15) is 43.9 Å². The molecular weight excluding hydrogens is 394 g/mol. The number of halogens is 1. The number of nitrogens with one attached hydrogen (secondary N) is 1. The Morgan fingerprint density at radius 1 is 1.39 bits per heavy atom. The highest BCUT2D eigenvalue weighted by molar-refractivity contribution is 7.13. The van der Waals surface area contributed by atoms with Crippen molar-refractivity contribution in [2.45, 2.75) is 46.1 Å². The number of aromatic nitrogens is 1. The van der Waals surface area contributed by atoms with Gasteiger partial charge < -0.3 is 10.1 Å². The molecule has 3 rings (SSSR count). The normalized spacial score (nSPS) is 15.5. The molecule has 2 heterocycles. The first-order valence-corrected chi connectivity index (χ1v) is 11.1. The highest BCUT2D eigenvalue weighted by Crippen LogP contribution is 2.23. The van der Waals surface area contributed by atoms with E-state index in [2.05, 4.69) is 22.1 Å². The molecular formula is C21H28ClN3O2S. The Bertz CT molecular complexity index is 788. The van der Waals surface area contributed by atoms with E-state index in [1.807, 2.05) is 24.4 Å². The minimum Gasteiger partial charge on any atom is -0.493 e. The number of carbonyl (C=O) groups excluding carboxylic acids is 1. The van der Waals surface area contributed by atoms with Crippen LogP contribution < -0.4 is 10.1 Å². The van der Waals surface area contributed by atoms with Gasteiger partial charge in [0, 0.05) is 23.4 Å². The van der Waals surface area contributed by atoms with Crippen LogP contribution in [0.3, 0.4) is 0 Å². The van der Waals surface area contributed by atoms with Gasteiger partial charge in [-0.05, 0) is 69.0 Å². The van der Waals surface area contributed by atoms with Gasteiger partial charge in [-0.1, -0.05) is 18.5 Å². The molecule has 1 fully saturated rings. The molecule has 0 saturated carbocycles. The minimum absolute atomic E-state index is 0.0240. The number of aryl methyl sites for hydroxylation is 1. The Labute approximate surface area is 176 Å². The van der Waals surface area contributed by atoms with Crippen molar-refractivity contribution in [2.24, 2.45) is 5.92 Å². The molecule has 1 aliphatic heterocycles. The lowest BCUT2D eigenvalue weighted by Gasteiger charge is -2.29. The summed E-state index contributed by atoms with van der Waals surface area (Å²) >= 11 is 7.44. The van der Waals surface area contributed by atoms with Crippen molar-refractivity contribution in [2.75, 3.05) is 25.0 Å². The Balaban J connectivity index is 1.36. The summed E-state index contributed by atoms with van der Waals surface area (Å²) in [6, 6.07) is 5.53. The van der Waals surface area contributed by atoms with Gasteiger partial charge in [0.15, 0.2) is 5.13 Å². The Hall–Kier alpha value is -1.63. The van der Waals surface area contributed by atoms with E-state index >= 15 is 0 Å². The molecule has 28 heavy (non-hydrogen) atoms. The second-order valence-corrected chi connectivity index (χ2v) is 8.81. The number of nitrogens with zero attached hydrogens (tertiary/aromatic N) is 2. The third-order valence-electron chi connectivity index (χ3n) is 5.00. The van der Waals surface area contributed by atoms with Crippen molar-refractivity contribution in [1.82, 2.24) is 9.88 Å². The molecule has 0 radical (unpaired) electrons. The van der Waals surface area contributed by atoms with Crippen molar-refractivity contribution >= 4 is 34.0 Å². The number of ether oxygens (including phenoxy) is 1. The highest BCUT2D eigenvalue weighted by Gasteiger charge is 2.17. The number of likely N-dealkylation sites (tertiary alicyclic amines) is 1. The van der Waals surface area contributed by atoms with Gasteiger partial charge in [-0.3, -0.25) is 9.69 Å². The summed E-state index contributed by atoms with van der Waals surface area (Å²) < 4.78 is 5.73. The zero-order valence-corrected chi connectivity index (χ0v) is 18.1. The predicted molar refractivity (Wildman–Crippen MR) is 115 cm³/mol. The predicted octanol–water partition coefficient (Wildman–Crippen LogP) is 5.13. The smallest absolute Gasteiger partial charge is 0.226 e. The summed E-state index contributed by atoms with van der Waals surface area (Å²) in [5.41, 5.74) is 2.03. The quantitative estimate of drug-likeness (QED) is 0.600. The van der Waals surface area contributed by atoms with Crippen LogP contribution in [0.25, 0.3) is 0 Å². The Morgan fingerprint density at radius 3 is 2.93 bits per heavy atom. The first kappa shape index (κ1) is 21.1. The van der Waals surface area contributed by atoms with Gasteiger partial charge in [-0.25, -0.2) is 4.98 Å². The van der Waals surface area contributed by atoms with E-state index in [0.29, 0.717) is 29.6 Å². The van der Waals surface area contributed by atoms with Crippen LogP contribution in [0, 0.1) is 12.8 Å². The first-order valence-electron chi connectivity index (χ1n) is 9.85. The fourth-order valence-corrected chi connectivity index (χ4v) is 4.20. The Morgan fingerprint density at radius 2 is 2.18 bits per heavy atom. The van der Waals surface area contributed by atoms with Crippen LogP contribution in [0.5, 0.6) is 5.75 Å².